The highest BCUT2D eigenvalue weighted by atomic mass is 79.9. The fourth-order valence-electron chi connectivity index (χ4n) is 3.88. The molecule has 1 N–H and O–H groups in total. The predicted octanol–water partition coefficient (Wildman–Crippen LogP) is 2.72. The monoisotopic (exact) mass is 450 g/mol. The Morgan fingerprint density at radius 3 is 2.14 bits per heavy atom. The lowest BCUT2D eigenvalue weighted by Gasteiger charge is -2.35. The number of piperazine rings is 1. The molecule has 28 heavy (non-hydrogen) atoms. The van der Waals surface area contributed by atoms with Crippen LogP contribution in [-0.4, -0.2) is 78.9 Å². The van der Waals surface area contributed by atoms with Crippen molar-refractivity contribution in [2.24, 2.45) is 0 Å². The maximum Gasteiger partial charge on any atom is 0.238 e. The number of hydrogen-bond donors (Lipinski definition) is 1. The third-order valence-electron chi connectivity index (χ3n) is 5.61. The van der Waals surface area contributed by atoms with Gasteiger partial charge in [0.25, 0.3) is 0 Å². The van der Waals surface area contributed by atoms with Crippen LogP contribution in [-0.2, 0) is 9.59 Å². The second kappa shape index (κ2) is 10.4. The zero-order valence-corrected chi connectivity index (χ0v) is 18.3. The average molecular weight is 451 g/mol. The third-order valence-corrected chi connectivity index (χ3v) is 6.11. The van der Waals surface area contributed by atoms with Crippen molar-refractivity contribution in [3.8, 4) is 0 Å². The number of nitrogens with one attached hydrogen (secondary N) is 1. The van der Waals surface area contributed by atoms with E-state index in [1.165, 1.54) is 12.8 Å². The average Bonchev–Trinajstić information content (AvgIpc) is 2.95. The summed E-state index contributed by atoms with van der Waals surface area (Å²) in [6.07, 6.45) is 4.74. The second-order valence-electron chi connectivity index (χ2n) is 7.85. The fourth-order valence-corrected chi connectivity index (χ4v) is 4.35. The summed E-state index contributed by atoms with van der Waals surface area (Å²) in [6, 6.07) is 5.85. The molecule has 6 nitrogen and oxygen atoms in total. The molecule has 2 amide bonds. The standard InChI is InChI=1S/C21H31BrN4O2/c1-17-14-18(22)6-7-19(17)23-20(27)15-24-10-12-25(13-11-24)16-21(28)26-8-4-2-3-5-9-26/h6-7,14H,2-5,8-13,15-16H2,1H3,(H,23,27). The molecular formula is C21H31BrN4O2. The Balaban J connectivity index is 1.39. The summed E-state index contributed by atoms with van der Waals surface area (Å²) in [5, 5.41) is 3.00. The van der Waals surface area contributed by atoms with Crippen LogP contribution < -0.4 is 5.32 Å². The van der Waals surface area contributed by atoms with E-state index in [1.807, 2.05) is 30.0 Å². The van der Waals surface area contributed by atoms with E-state index in [0.29, 0.717) is 13.1 Å². The van der Waals surface area contributed by atoms with Crippen molar-refractivity contribution >= 4 is 33.4 Å². The van der Waals surface area contributed by atoms with Gasteiger partial charge < -0.3 is 10.2 Å². The van der Waals surface area contributed by atoms with Crippen molar-refractivity contribution in [1.29, 1.82) is 0 Å². The second-order valence-corrected chi connectivity index (χ2v) is 8.77. The first-order valence-electron chi connectivity index (χ1n) is 10.3. The SMILES string of the molecule is Cc1cc(Br)ccc1NC(=O)CN1CCN(CC(=O)N2CCCCCC2)CC1. The number of carbonyl (C=O) groups is 2. The Hall–Kier alpha value is -1.44. The maximum absolute atomic E-state index is 12.5. The molecule has 154 valence electrons. The van der Waals surface area contributed by atoms with Crippen LogP contribution in [0.3, 0.4) is 0 Å². The number of amides is 2. The maximum atomic E-state index is 12.5. The molecule has 3 rings (SSSR count). The molecule has 2 heterocycles. The van der Waals surface area contributed by atoms with Crippen molar-refractivity contribution < 1.29 is 9.59 Å². The zero-order valence-electron chi connectivity index (χ0n) is 16.8. The summed E-state index contributed by atoms with van der Waals surface area (Å²) in [4.78, 5) is 31.3. The first kappa shape index (κ1) is 21.3. The Morgan fingerprint density at radius 1 is 0.929 bits per heavy atom. The van der Waals surface area contributed by atoms with Gasteiger partial charge in [-0.1, -0.05) is 28.8 Å². The third kappa shape index (κ3) is 6.29. The number of benzene rings is 1. The van der Waals surface area contributed by atoms with Crippen LogP contribution in [0, 0.1) is 6.92 Å². The van der Waals surface area contributed by atoms with E-state index in [9.17, 15) is 9.59 Å². The Morgan fingerprint density at radius 2 is 1.54 bits per heavy atom. The summed E-state index contributed by atoms with van der Waals surface area (Å²) in [7, 11) is 0. The minimum Gasteiger partial charge on any atom is -0.342 e. The molecule has 0 saturated carbocycles. The van der Waals surface area contributed by atoms with Gasteiger partial charge in [0.05, 0.1) is 13.1 Å². The highest BCUT2D eigenvalue weighted by Crippen LogP contribution is 2.20. The molecule has 7 heteroatoms. The summed E-state index contributed by atoms with van der Waals surface area (Å²) in [5.41, 5.74) is 1.90. The van der Waals surface area contributed by atoms with Crippen LogP contribution in [0.25, 0.3) is 0 Å². The van der Waals surface area contributed by atoms with E-state index in [2.05, 4.69) is 31.0 Å². The number of aryl methyl sites for hydroxylation is 1. The van der Waals surface area contributed by atoms with Gasteiger partial charge >= 0.3 is 0 Å². The molecule has 0 aliphatic carbocycles. The van der Waals surface area contributed by atoms with Gasteiger partial charge in [0.15, 0.2) is 0 Å². The van der Waals surface area contributed by atoms with E-state index in [1.54, 1.807) is 0 Å². The van der Waals surface area contributed by atoms with Gasteiger partial charge in [-0.25, -0.2) is 0 Å². The molecule has 0 spiro atoms. The molecule has 2 aliphatic rings. The van der Waals surface area contributed by atoms with Gasteiger partial charge in [0.1, 0.15) is 0 Å². The van der Waals surface area contributed by atoms with E-state index < -0.39 is 0 Å². The minimum atomic E-state index is 0.0134. The topological polar surface area (TPSA) is 55.9 Å². The Bertz CT molecular complexity index is 681. The van der Waals surface area contributed by atoms with Gasteiger partial charge in [0, 0.05) is 49.4 Å². The molecule has 0 unspecified atom stereocenters. The van der Waals surface area contributed by atoms with E-state index in [0.717, 1.165) is 67.8 Å². The highest BCUT2D eigenvalue weighted by Gasteiger charge is 2.23. The van der Waals surface area contributed by atoms with Gasteiger partial charge in [-0.15, -0.1) is 0 Å². The van der Waals surface area contributed by atoms with Gasteiger partial charge in [-0.3, -0.25) is 19.4 Å². The van der Waals surface area contributed by atoms with Crippen LogP contribution in [0.5, 0.6) is 0 Å². The predicted molar refractivity (Wildman–Crippen MR) is 115 cm³/mol. The number of hydrogen-bond acceptors (Lipinski definition) is 4. The molecule has 0 bridgehead atoms. The molecule has 2 fully saturated rings. The van der Waals surface area contributed by atoms with Crippen molar-refractivity contribution in [2.45, 2.75) is 32.6 Å². The normalized spacial score (nSPS) is 19.3. The molecule has 2 aliphatic heterocycles. The van der Waals surface area contributed by atoms with E-state index in [4.69, 9.17) is 0 Å². The van der Waals surface area contributed by atoms with Crippen LogP contribution in [0.1, 0.15) is 31.2 Å². The fraction of sp³-hybridized carbons (Fsp3) is 0.619. The number of nitrogens with zero attached hydrogens (tertiary/aromatic N) is 3. The summed E-state index contributed by atoms with van der Waals surface area (Å²) >= 11 is 3.44. The van der Waals surface area contributed by atoms with Crippen molar-refractivity contribution in [2.75, 3.05) is 57.7 Å². The Labute approximate surface area is 176 Å². The van der Waals surface area contributed by atoms with Crippen LogP contribution in [0.15, 0.2) is 22.7 Å². The number of rotatable bonds is 5. The first-order chi connectivity index (χ1) is 13.5. The molecular weight excluding hydrogens is 420 g/mol. The van der Waals surface area contributed by atoms with Crippen LogP contribution in [0.4, 0.5) is 5.69 Å². The van der Waals surface area contributed by atoms with Gasteiger partial charge in [0.2, 0.25) is 11.8 Å². The summed E-state index contributed by atoms with van der Waals surface area (Å²) in [5.74, 6) is 0.276. The van der Waals surface area contributed by atoms with Crippen LogP contribution >= 0.6 is 15.9 Å². The summed E-state index contributed by atoms with van der Waals surface area (Å²) in [6.45, 7) is 8.03. The number of halogens is 1. The van der Waals surface area contributed by atoms with Crippen molar-refractivity contribution in [3.05, 3.63) is 28.2 Å². The molecule has 0 radical (unpaired) electrons. The zero-order chi connectivity index (χ0) is 19.9. The molecule has 2 saturated heterocycles. The molecule has 1 aromatic rings. The van der Waals surface area contributed by atoms with Gasteiger partial charge in [-0.05, 0) is 43.5 Å². The molecule has 0 aromatic heterocycles. The number of likely N-dealkylation sites (tertiary alicyclic amines) is 1. The molecule has 1 aromatic carbocycles. The largest absolute Gasteiger partial charge is 0.342 e. The lowest BCUT2D eigenvalue weighted by Crippen LogP contribution is -2.51. The van der Waals surface area contributed by atoms with E-state index in [-0.39, 0.29) is 11.8 Å². The Kier molecular flexibility index (Phi) is 7.88. The van der Waals surface area contributed by atoms with E-state index >= 15 is 0 Å². The van der Waals surface area contributed by atoms with Crippen LogP contribution in [0.2, 0.25) is 0 Å². The minimum absolute atomic E-state index is 0.0134. The molecule has 0 atom stereocenters. The number of anilines is 1. The summed E-state index contributed by atoms with van der Waals surface area (Å²) < 4.78 is 1.01. The smallest absolute Gasteiger partial charge is 0.238 e. The van der Waals surface area contributed by atoms with Gasteiger partial charge in [-0.2, -0.15) is 0 Å². The lowest BCUT2D eigenvalue weighted by molar-refractivity contribution is -0.133. The lowest BCUT2D eigenvalue weighted by atomic mass is 10.2. The quantitative estimate of drug-likeness (QED) is 0.748. The first-order valence-corrected chi connectivity index (χ1v) is 11.1. The van der Waals surface area contributed by atoms with Crippen molar-refractivity contribution in [3.63, 3.8) is 0 Å². The number of carbonyl (C=O) groups excluding carboxylic acids is 2. The highest BCUT2D eigenvalue weighted by molar-refractivity contribution is 9.10. The van der Waals surface area contributed by atoms with Crippen molar-refractivity contribution in [1.82, 2.24) is 14.7 Å².